The van der Waals surface area contributed by atoms with Gasteiger partial charge in [0.25, 0.3) is 0 Å². The highest BCUT2D eigenvalue weighted by Gasteiger charge is 2.19. The third kappa shape index (κ3) is 2.91. The van der Waals surface area contributed by atoms with Gasteiger partial charge in [0.1, 0.15) is 5.82 Å². The minimum absolute atomic E-state index is 0.703. The predicted octanol–water partition coefficient (Wildman–Crippen LogP) is 8.31. The number of rotatable bonds is 2. The molecule has 0 aliphatic rings. The van der Waals surface area contributed by atoms with E-state index in [0.717, 1.165) is 33.5 Å². The number of imidazole rings is 1. The van der Waals surface area contributed by atoms with Crippen molar-refractivity contribution in [2.45, 2.75) is 0 Å². The summed E-state index contributed by atoms with van der Waals surface area (Å²) in [5.41, 5.74) is 4.08. The number of hydrogen-bond donors (Lipinski definition) is 0. The lowest BCUT2D eigenvalue weighted by Crippen LogP contribution is -1.98. The monoisotopic (exact) mass is 438 g/mol. The number of fused-ring (bicyclic) bond motifs is 6. The molecule has 6 rings (SSSR count). The molecule has 31 heavy (non-hydrogen) atoms. The van der Waals surface area contributed by atoms with Crippen LogP contribution in [-0.4, -0.2) is 9.55 Å². The summed E-state index contributed by atoms with van der Waals surface area (Å²) in [6.07, 6.45) is 0. The van der Waals surface area contributed by atoms with Gasteiger partial charge in [0.15, 0.2) is 0 Å². The first-order valence-electron chi connectivity index (χ1n) is 10.0. The van der Waals surface area contributed by atoms with Gasteiger partial charge in [0.05, 0.1) is 11.0 Å². The summed E-state index contributed by atoms with van der Waals surface area (Å²) in [6, 6.07) is 32.7. The van der Waals surface area contributed by atoms with Crippen LogP contribution >= 0.6 is 23.2 Å². The minimum Gasteiger partial charge on any atom is -0.292 e. The van der Waals surface area contributed by atoms with E-state index in [9.17, 15) is 0 Å². The molecular formula is C27H16Cl2N2. The molecule has 0 radical (unpaired) electrons. The summed E-state index contributed by atoms with van der Waals surface area (Å²) in [6.45, 7) is 0. The fourth-order valence-corrected chi connectivity index (χ4v) is 4.59. The van der Waals surface area contributed by atoms with Crippen molar-refractivity contribution in [3.63, 3.8) is 0 Å². The van der Waals surface area contributed by atoms with E-state index < -0.39 is 0 Å². The largest absolute Gasteiger partial charge is 0.292 e. The van der Waals surface area contributed by atoms with Crippen LogP contribution in [0.5, 0.6) is 0 Å². The Labute approximate surface area is 189 Å². The van der Waals surface area contributed by atoms with Crippen LogP contribution in [0.15, 0.2) is 97.1 Å². The number of aromatic nitrogens is 2. The average Bonchev–Trinajstić information content (AvgIpc) is 3.21. The Morgan fingerprint density at radius 2 is 1.06 bits per heavy atom. The van der Waals surface area contributed by atoms with Gasteiger partial charge >= 0.3 is 0 Å². The van der Waals surface area contributed by atoms with Crippen LogP contribution in [-0.2, 0) is 0 Å². The first kappa shape index (κ1) is 18.4. The zero-order valence-corrected chi connectivity index (χ0v) is 17.9. The molecule has 1 aromatic heterocycles. The van der Waals surface area contributed by atoms with Crippen molar-refractivity contribution in [1.29, 1.82) is 0 Å². The highest BCUT2D eigenvalue weighted by Crippen LogP contribution is 2.39. The Balaban J connectivity index is 1.85. The van der Waals surface area contributed by atoms with Gasteiger partial charge < -0.3 is 0 Å². The molecule has 0 atom stereocenters. The molecule has 0 bridgehead atoms. The summed E-state index contributed by atoms with van der Waals surface area (Å²) in [4.78, 5) is 5.18. The maximum absolute atomic E-state index is 6.20. The smallest absolute Gasteiger partial charge is 0.145 e. The Hall–Kier alpha value is -3.33. The molecular weight excluding hydrogens is 423 g/mol. The summed E-state index contributed by atoms with van der Waals surface area (Å²) in [5, 5.41) is 6.13. The highest BCUT2D eigenvalue weighted by molar-refractivity contribution is 6.31. The Morgan fingerprint density at radius 1 is 0.548 bits per heavy atom. The quantitative estimate of drug-likeness (QED) is 0.248. The lowest BCUT2D eigenvalue weighted by atomic mass is 10.00. The third-order valence-electron chi connectivity index (χ3n) is 5.72. The molecule has 0 saturated carbocycles. The molecule has 2 nitrogen and oxygen atoms in total. The molecule has 0 amide bonds. The molecule has 0 spiro atoms. The first-order valence-corrected chi connectivity index (χ1v) is 10.8. The molecule has 6 aromatic rings. The van der Waals surface area contributed by atoms with Crippen molar-refractivity contribution < 1.29 is 0 Å². The maximum Gasteiger partial charge on any atom is 0.145 e. The topological polar surface area (TPSA) is 17.8 Å². The fourth-order valence-electron chi connectivity index (χ4n) is 4.34. The van der Waals surface area contributed by atoms with E-state index in [0.29, 0.717) is 10.0 Å². The van der Waals surface area contributed by atoms with Crippen LogP contribution in [0, 0.1) is 0 Å². The van der Waals surface area contributed by atoms with E-state index >= 15 is 0 Å². The van der Waals surface area contributed by atoms with Crippen molar-refractivity contribution >= 4 is 55.8 Å². The van der Waals surface area contributed by atoms with Gasteiger partial charge in [-0.05, 0) is 59.3 Å². The molecule has 4 heteroatoms. The van der Waals surface area contributed by atoms with E-state index in [-0.39, 0.29) is 0 Å². The van der Waals surface area contributed by atoms with Crippen molar-refractivity contribution in [1.82, 2.24) is 9.55 Å². The first-order chi connectivity index (χ1) is 15.2. The second-order valence-electron chi connectivity index (χ2n) is 7.54. The SMILES string of the molecule is Clc1ccc(-c2nc3c4ccccc4c4ccccc4c3n2-c2ccc(Cl)cc2)cc1. The van der Waals surface area contributed by atoms with Crippen molar-refractivity contribution in [2.24, 2.45) is 0 Å². The Bertz CT molecular complexity index is 1580. The van der Waals surface area contributed by atoms with E-state index in [1.54, 1.807) is 0 Å². The standard InChI is InChI=1S/C27H16Cl2N2/c28-18-11-9-17(10-12-18)27-30-25-23-7-3-1-5-21(23)22-6-2-4-8-24(22)26(25)31(27)20-15-13-19(29)14-16-20/h1-16H. The number of halogens is 2. The molecule has 0 fully saturated rings. The Kier molecular flexibility index (Phi) is 4.24. The Morgan fingerprint density at radius 3 is 1.71 bits per heavy atom. The van der Waals surface area contributed by atoms with Crippen LogP contribution in [0.2, 0.25) is 10.0 Å². The van der Waals surface area contributed by atoms with E-state index in [4.69, 9.17) is 28.2 Å². The van der Waals surface area contributed by atoms with Gasteiger partial charge in [-0.2, -0.15) is 0 Å². The molecule has 0 saturated heterocycles. The number of hydrogen-bond acceptors (Lipinski definition) is 1. The normalized spacial score (nSPS) is 11.5. The van der Waals surface area contributed by atoms with Gasteiger partial charge in [-0.25, -0.2) is 4.98 Å². The summed E-state index contributed by atoms with van der Waals surface area (Å²) in [5.74, 6) is 0.871. The van der Waals surface area contributed by atoms with Gasteiger partial charge in [0, 0.05) is 32.1 Å². The van der Waals surface area contributed by atoms with Crippen molar-refractivity contribution in [3.05, 3.63) is 107 Å². The van der Waals surface area contributed by atoms with Crippen LogP contribution < -0.4 is 0 Å². The zero-order chi connectivity index (χ0) is 20.9. The van der Waals surface area contributed by atoms with Crippen molar-refractivity contribution in [2.75, 3.05) is 0 Å². The van der Waals surface area contributed by atoms with Gasteiger partial charge in [-0.1, -0.05) is 71.7 Å². The molecule has 0 unspecified atom stereocenters. The van der Waals surface area contributed by atoms with E-state index in [1.165, 1.54) is 16.2 Å². The maximum atomic E-state index is 6.20. The summed E-state index contributed by atoms with van der Waals surface area (Å²) in [7, 11) is 0. The van der Waals surface area contributed by atoms with Gasteiger partial charge in [0.2, 0.25) is 0 Å². The van der Waals surface area contributed by atoms with Crippen LogP contribution in [0.3, 0.4) is 0 Å². The van der Waals surface area contributed by atoms with E-state index in [1.807, 2.05) is 48.5 Å². The zero-order valence-electron chi connectivity index (χ0n) is 16.4. The molecule has 0 aliphatic carbocycles. The third-order valence-corrected chi connectivity index (χ3v) is 6.22. The van der Waals surface area contributed by atoms with Crippen LogP contribution in [0.25, 0.3) is 49.7 Å². The molecule has 148 valence electrons. The molecule has 0 N–H and O–H groups in total. The summed E-state index contributed by atoms with van der Waals surface area (Å²) >= 11 is 12.4. The number of nitrogens with zero attached hydrogens (tertiary/aromatic N) is 2. The average molecular weight is 439 g/mol. The summed E-state index contributed by atoms with van der Waals surface area (Å²) < 4.78 is 2.23. The second kappa shape index (κ2) is 7.12. The molecule has 5 aromatic carbocycles. The minimum atomic E-state index is 0.703. The van der Waals surface area contributed by atoms with E-state index in [2.05, 4.69) is 53.1 Å². The van der Waals surface area contributed by atoms with Crippen LogP contribution in [0.4, 0.5) is 0 Å². The fraction of sp³-hybridized carbons (Fsp3) is 0. The van der Waals surface area contributed by atoms with Gasteiger partial charge in [-0.3, -0.25) is 4.57 Å². The highest BCUT2D eigenvalue weighted by atomic mass is 35.5. The van der Waals surface area contributed by atoms with Gasteiger partial charge in [-0.15, -0.1) is 0 Å². The predicted molar refractivity (Wildman–Crippen MR) is 132 cm³/mol. The molecule has 1 heterocycles. The van der Waals surface area contributed by atoms with Crippen LogP contribution in [0.1, 0.15) is 0 Å². The number of benzene rings is 5. The second-order valence-corrected chi connectivity index (χ2v) is 8.42. The lowest BCUT2D eigenvalue weighted by Gasteiger charge is -2.12. The van der Waals surface area contributed by atoms with Crippen molar-refractivity contribution in [3.8, 4) is 17.1 Å². The lowest BCUT2D eigenvalue weighted by molar-refractivity contribution is 1.11. The molecule has 0 aliphatic heterocycles.